The molecule has 0 aliphatic heterocycles. The Labute approximate surface area is 259 Å². The van der Waals surface area contributed by atoms with Crippen LogP contribution in [0.15, 0.2) is 29.2 Å². The molecular formula is C33H49F4NO5S. The molecule has 0 saturated heterocycles. The maximum absolute atomic E-state index is 15.6. The second-order valence-electron chi connectivity index (χ2n) is 14.7. The first-order valence-corrected chi connectivity index (χ1v) is 17.9. The zero-order valence-corrected chi connectivity index (χ0v) is 27.0. The lowest BCUT2D eigenvalue weighted by Gasteiger charge is -2.65. The standard InChI is InChI=1S/C33H49F4NO5S/c1-5-22-28-29(34)26(39)15-17-32(28,4)25-14-16-31(3)23(12-13-24(31)27(25)30(22)40)19(2)7-6-18-38-44(41,42)21-10-8-20(9-11-21)43-33(35,36)37/h8-11,19,22-30,38-40H,5-7,12-18H2,1-4H3/t19-,22-,23-,24+,25+,26-,27+,28-,29+,30-,31-,32-/m1/s1. The third-order valence-corrected chi connectivity index (χ3v) is 14.1. The summed E-state index contributed by atoms with van der Waals surface area (Å²) in [5, 5.41) is 22.3. The van der Waals surface area contributed by atoms with E-state index >= 15 is 4.39 Å². The highest BCUT2D eigenvalue weighted by atomic mass is 32.2. The lowest BCUT2D eigenvalue weighted by Crippen LogP contribution is -2.65. The summed E-state index contributed by atoms with van der Waals surface area (Å²) in [6, 6.07) is 4.15. The molecule has 0 heterocycles. The van der Waals surface area contributed by atoms with Crippen molar-refractivity contribution in [1.29, 1.82) is 0 Å². The number of benzene rings is 1. The van der Waals surface area contributed by atoms with E-state index < -0.39 is 40.5 Å². The molecule has 0 unspecified atom stereocenters. The third kappa shape index (κ3) is 6.04. The number of alkyl halides is 4. The molecule has 1 aromatic carbocycles. The van der Waals surface area contributed by atoms with Gasteiger partial charge in [-0.1, -0.05) is 34.1 Å². The summed E-state index contributed by atoms with van der Waals surface area (Å²) in [4.78, 5) is -0.123. The first-order chi connectivity index (χ1) is 20.5. The number of hydrogen-bond donors (Lipinski definition) is 3. The molecule has 1 aromatic rings. The van der Waals surface area contributed by atoms with Crippen LogP contribution in [-0.2, 0) is 10.0 Å². The Morgan fingerprint density at radius 1 is 1.02 bits per heavy atom. The van der Waals surface area contributed by atoms with Gasteiger partial charge in [0.1, 0.15) is 11.9 Å². The zero-order valence-electron chi connectivity index (χ0n) is 26.2. The summed E-state index contributed by atoms with van der Waals surface area (Å²) in [6.07, 6.45) is -0.170. The predicted octanol–water partition coefficient (Wildman–Crippen LogP) is 6.85. The number of aliphatic hydroxyl groups is 2. The first kappa shape index (κ1) is 33.9. The van der Waals surface area contributed by atoms with Crippen LogP contribution in [0.5, 0.6) is 5.75 Å². The minimum atomic E-state index is -4.85. The maximum atomic E-state index is 15.6. The Morgan fingerprint density at radius 2 is 1.66 bits per heavy atom. The normalized spacial score (nSPS) is 41.4. The topological polar surface area (TPSA) is 95.9 Å². The monoisotopic (exact) mass is 647 g/mol. The molecule has 0 aromatic heterocycles. The number of sulfonamides is 1. The van der Waals surface area contributed by atoms with Gasteiger partial charge in [-0.2, -0.15) is 0 Å². The van der Waals surface area contributed by atoms with Crippen LogP contribution in [0.3, 0.4) is 0 Å². The highest BCUT2D eigenvalue weighted by molar-refractivity contribution is 7.89. The predicted molar refractivity (Wildman–Crippen MR) is 159 cm³/mol. The van der Waals surface area contributed by atoms with Gasteiger partial charge < -0.3 is 14.9 Å². The fourth-order valence-corrected chi connectivity index (χ4v) is 11.8. The van der Waals surface area contributed by atoms with Crippen molar-refractivity contribution in [3.05, 3.63) is 24.3 Å². The van der Waals surface area contributed by atoms with Crippen molar-refractivity contribution >= 4 is 10.0 Å². The molecule has 0 spiro atoms. The van der Waals surface area contributed by atoms with Gasteiger partial charge in [0, 0.05) is 12.5 Å². The Bertz CT molecular complexity index is 1260. The largest absolute Gasteiger partial charge is 0.573 e. The van der Waals surface area contributed by atoms with Crippen molar-refractivity contribution in [2.45, 2.75) is 115 Å². The van der Waals surface area contributed by atoms with E-state index in [1.807, 2.05) is 6.92 Å². The van der Waals surface area contributed by atoms with Crippen molar-refractivity contribution in [2.24, 2.45) is 52.3 Å². The number of fused-ring (bicyclic) bond motifs is 5. The molecule has 44 heavy (non-hydrogen) atoms. The molecule has 12 atom stereocenters. The van der Waals surface area contributed by atoms with Crippen LogP contribution < -0.4 is 9.46 Å². The van der Waals surface area contributed by atoms with Crippen molar-refractivity contribution in [3.63, 3.8) is 0 Å². The second-order valence-corrected chi connectivity index (χ2v) is 16.5. The van der Waals surface area contributed by atoms with E-state index in [0.29, 0.717) is 37.0 Å². The summed E-state index contributed by atoms with van der Waals surface area (Å²) in [7, 11) is -3.88. The van der Waals surface area contributed by atoms with Gasteiger partial charge in [0.05, 0.1) is 17.1 Å². The molecule has 3 N–H and O–H groups in total. The van der Waals surface area contributed by atoms with Crippen molar-refractivity contribution in [2.75, 3.05) is 6.54 Å². The maximum Gasteiger partial charge on any atom is 0.573 e. The molecule has 11 heteroatoms. The van der Waals surface area contributed by atoms with Crippen molar-refractivity contribution < 1.29 is 40.9 Å². The van der Waals surface area contributed by atoms with E-state index in [-0.39, 0.29) is 45.9 Å². The second kappa shape index (κ2) is 12.3. The summed E-state index contributed by atoms with van der Waals surface area (Å²) >= 11 is 0. The van der Waals surface area contributed by atoms with Crippen molar-refractivity contribution in [3.8, 4) is 5.75 Å². The van der Waals surface area contributed by atoms with Crippen LogP contribution in [0.25, 0.3) is 0 Å². The molecule has 0 bridgehead atoms. The third-order valence-electron chi connectivity index (χ3n) is 12.7. The Kier molecular flexibility index (Phi) is 9.49. The fraction of sp³-hybridized carbons (Fsp3) is 0.818. The summed E-state index contributed by atoms with van der Waals surface area (Å²) < 4.78 is 84.6. The Hall–Kier alpha value is -1.43. The minimum absolute atomic E-state index is 0.0477. The molecule has 4 aliphatic carbocycles. The van der Waals surface area contributed by atoms with Gasteiger partial charge in [-0.15, -0.1) is 13.2 Å². The van der Waals surface area contributed by atoms with E-state index in [0.717, 1.165) is 62.8 Å². The molecule has 4 aliphatic rings. The van der Waals surface area contributed by atoms with Gasteiger partial charge in [0.25, 0.3) is 0 Å². The number of rotatable bonds is 9. The summed E-state index contributed by atoms with van der Waals surface area (Å²) in [5.41, 5.74) is -0.177. The first-order valence-electron chi connectivity index (χ1n) is 16.4. The molecule has 4 saturated carbocycles. The van der Waals surface area contributed by atoms with E-state index in [4.69, 9.17) is 0 Å². The SMILES string of the molecule is CC[C@H]1[C@@H](O)[C@@H]2[C@H](CC[C@]3(C)[C@@H]([C@H](C)CCCNS(=O)(=O)c4ccc(OC(F)(F)F)cc4)CC[C@@H]23)[C@@]2(C)CC[C@@H](O)[C@H](F)[C@@H]12. The van der Waals surface area contributed by atoms with Gasteiger partial charge in [0.2, 0.25) is 10.0 Å². The van der Waals surface area contributed by atoms with Crippen LogP contribution in [0.1, 0.15) is 85.5 Å². The molecule has 0 amide bonds. The lowest BCUT2D eigenvalue weighted by atomic mass is 9.41. The minimum Gasteiger partial charge on any atom is -0.406 e. The van der Waals surface area contributed by atoms with E-state index in [9.17, 15) is 31.8 Å². The quantitative estimate of drug-likeness (QED) is 0.201. The van der Waals surface area contributed by atoms with Gasteiger partial charge in [-0.25, -0.2) is 17.5 Å². The number of nitrogens with one attached hydrogen (secondary N) is 1. The van der Waals surface area contributed by atoms with Crippen LogP contribution in [0, 0.1) is 52.3 Å². The number of aliphatic hydroxyl groups excluding tert-OH is 2. The molecular weight excluding hydrogens is 598 g/mol. The number of halogens is 4. The average Bonchev–Trinajstić information content (AvgIpc) is 3.31. The van der Waals surface area contributed by atoms with Crippen LogP contribution >= 0.6 is 0 Å². The molecule has 250 valence electrons. The highest BCUT2D eigenvalue weighted by Gasteiger charge is 2.66. The van der Waals surface area contributed by atoms with E-state index in [1.54, 1.807) is 0 Å². The highest BCUT2D eigenvalue weighted by Crippen LogP contribution is 2.69. The molecule has 0 radical (unpaired) electrons. The zero-order chi connectivity index (χ0) is 32.2. The lowest BCUT2D eigenvalue weighted by molar-refractivity contribution is -0.274. The van der Waals surface area contributed by atoms with Gasteiger partial charge in [0.15, 0.2) is 0 Å². The molecule has 5 rings (SSSR count). The molecule has 4 fully saturated rings. The molecule has 6 nitrogen and oxygen atoms in total. The summed E-state index contributed by atoms with van der Waals surface area (Å²) in [5.74, 6) is 0.539. The van der Waals surface area contributed by atoms with Gasteiger partial charge >= 0.3 is 6.36 Å². The Morgan fingerprint density at radius 3 is 2.30 bits per heavy atom. The van der Waals surface area contributed by atoms with E-state index in [2.05, 4.69) is 30.2 Å². The van der Waals surface area contributed by atoms with Crippen LogP contribution in [-0.4, -0.2) is 49.9 Å². The summed E-state index contributed by atoms with van der Waals surface area (Å²) in [6.45, 7) is 9.10. The fourth-order valence-electron chi connectivity index (χ4n) is 10.7. The average molecular weight is 648 g/mol. The van der Waals surface area contributed by atoms with Gasteiger partial charge in [-0.3, -0.25) is 0 Å². The van der Waals surface area contributed by atoms with Gasteiger partial charge in [-0.05, 0) is 122 Å². The van der Waals surface area contributed by atoms with E-state index in [1.165, 1.54) is 0 Å². The number of hydrogen-bond acceptors (Lipinski definition) is 5. The van der Waals surface area contributed by atoms with Crippen molar-refractivity contribution in [1.82, 2.24) is 4.72 Å². The van der Waals surface area contributed by atoms with Crippen LogP contribution in [0.2, 0.25) is 0 Å². The van der Waals surface area contributed by atoms with Crippen LogP contribution in [0.4, 0.5) is 17.6 Å². The number of ether oxygens (including phenoxy) is 1. The smallest absolute Gasteiger partial charge is 0.406 e. The Balaban J connectivity index is 1.21.